The summed E-state index contributed by atoms with van der Waals surface area (Å²) in [6.07, 6.45) is 1.43. The van der Waals surface area contributed by atoms with Crippen molar-refractivity contribution < 1.29 is 4.79 Å². The smallest absolute Gasteiger partial charge is 0.224 e. The second-order valence-corrected chi connectivity index (χ2v) is 3.62. The summed E-state index contributed by atoms with van der Waals surface area (Å²) >= 11 is 0. The number of carbonyl (C=O) groups is 1. The molecule has 1 aromatic rings. The molecule has 3 nitrogen and oxygen atoms in total. The van der Waals surface area contributed by atoms with E-state index in [2.05, 4.69) is 10.6 Å². The first-order chi connectivity index (χ1) is 7.22. The largest absolute Gasteiger partial charge is 0.326 e. The molecule has 0 fully saturated rings. The molecule has 3 heteroatoms. The summed E-state index contributed by atoms with van der Waals surface area (Å²) in [7, 11) is 1.89. The molecule has 0 saturated carbocycles. The van der Waals surface area contributed by atoms with Gasteiger partial charge in [-0.3, -0.25) is 4.79 Å². The standard InChI is InChI=1S/C12H18N2O/c1-10-5-7-11(8-6-10)14-12(15)4-3-9-13-2/h5-8,13H,3-4,9H2,1-2H3,(H,14,15). The lowest BCUT2D eigenvalue weighted by atomic mass is 10.2. The molecule has 0 radical (unpaired) electrons. The highest BCUT2D eigenvalue weighted by Gasteiger charge is 2.00. The van der Waals surface area contributed by atoms with Crippen molar-refractivity contribution in [1.82, 2.24) is 5.32 Å². The molecule has 2 N–H and O–H groups in total. The van der Waals surface area contributed by atoms with Gasteiger partial charge in [0.05, 0.1) is 0 Å². The fourth-order valence-corrected chi connectivity index (χ4v) is 1.29. The summed E-state index contributed by atoms with van der Waals surface area (Å²) in [5, 5.41) is 5.88. The molecule has 0 aromatic heterocycles. The molecule has 0 saturated heterocycles. The van der Waals surface area contributed by atoms with E-state index in [4.69, 9.17) is 0 Å². The minimum absolute atomic E-state index is 0.0779. The van der Waals surface area contributed by atoms with Crippen LogP contribution < -0.4 is 10.6 Å². The molecular weight excluding hydrogens is 188 g/mol. The zero-order chi connectivity index (χ0) is 11.1. The van der Waals surface area contributed by atoms with Crippen LogP contribution in [0.25, 0.3) is 0 Å². The highest BCUT2D eigenvalue weighted by molar-refractivity contribution is 5.90. The summed E-state index contributed by atoms with van der Waals surface area (Å²) in [6, 6.07) is 7.82. The van der Waals surface area contributed by atoms with E-state index in [-0.39, 0.29) is 5.91 Å². The van der Waals surface area contributed by atoms with Gasteiger partial charge >= 0.3 is 0 Å². The van der Waals surface area contributed by atoms with Gasteiger partial charge in [0.2, 0.25) is 5.91 Å². The minimum Gasteiger partial charge on any atom is -0.326 e. The van der Waals surface area contributed by atoms with Crippen molar-refractivity contribution in [2.75, 3.05) is 18.9 Å². The molecule has 0 heterocycles. The molecule has 0 unspecified atom stereocenters. The van der Waals surface area contributed by atoms with E-state index < -0.39 is 0 Å². The van der Waals surface area contributed by atoms with Crippen LogP contribution in [0.4, 0.5) is 5.69 Å². The van der Waals surface area contributed by atoms with Gasteiger partial charge in [0.1, 0.15) is 0 Å². The Balaban J connectivity index is 2.34. The highest BCUT2D eigenvalue weighted by Crippen LogP contribution is 2.08. The number of rotatable bonds is 5. The highest BCUT2D eigenvalue weighted by atomic mass is 16.1. The van der Waals surface area contributed by atoms with Crippen molar-refractivity contribution in [2.45, 2.75) is 19.8 Å². The maximum Gasteiger partial charge on any atom is 0.224 e. The molecule has 0 aliphatic heterocycles. The normalized spacial score (nSPS) is 10.0. The Morgan fingerprint density at radius 2 is 1.93 bits per heavy atom. The van der Waals surface area contributed by atoms with Gasteiger partial charge in [0.25, 0.3) is 0 Å². The summed E-state index contributed by atoms with van der Waals surface area (Å²) in [4.78, 5) is 11.4. The fraction of sp³-hybridized carbons (Fsp3) is 0.417. The van der Waals surface area contributed by atoms with Crippen molar-refractivity contribution in [2.24, 2.45) is 0 Å². The number of carbonyl (C=O) groups excluding carboxylic acids is 1. The molecule has 0 aliphatic carbocycles. The van der Waals surface area contributed by atoms with Gasteiger partial charge in [0, 0.05) is 12.1 Å². The van der Waals surface area contributed by atoms with E-state index in [1.54, 1.807) is 0 Å². The predicted octanol–water partition coefficient (Wildman–Crippen LogP) is 1.93. The van der Waals surface area contributed by atoms with Gasteiger partial charge in [-0.05, 0) is 39.1 Å². The van der Waals surface area contributed by atoms with Crippen molar-refractivity contribution in [3.05, 3.63) is 29.8 Å². The van der Waals surface area contributed by atoms with E-state index in [1.165, 1.54) is 5.56 Å². The van der Waals surface area contributed by atoms with Gasteiger partial charge in [0.15, 0.2) is 0 Å². The topological polar surface area (TPSA) is 41.1 Å². The first-order valence-electron chi connectivity index (χ1n) is 5.23. The molecule has 0 aliphatic rings. The Labute approximate surface area is 90.9 Å². The van der Waals surface area contributed by atoms with E-state index in [0.29, 0.717) is 6.42 Å². The first-order valence-corrected chi connectivity index (χ1v) is 5.23. The average molecular weight is 206 g/mol. The lowest BCUT2D eigenvalue weighted by Crippen LogP contribution is -2.15. The Morgan fingerprint density at radius 3 is 2.53 bits per heavy atom. The maximum atomic E-state index is 11.4. The van der Waals surface area contributed by atoms with Crippen LogP contribution in [0.15, 0.2) is 24.3 Å². The second kappa shape index (κ2) is 6.19. The summed E-state index contributed by atoms with van der Waals surface area (Å²) in [5.74, 6) is 0.0779. The van der Waals surface area contributed by atoms with Crippen LogP contribution in [-0.4, -0.2) is 19.5 Å². The van der Waals surface area contributed by atoms with Gasteiger partial charge in [-0.2, -0.15) is 0 Å². The first kappa shape index (κ1) is 11.7. The summed E-state index contributed by atoms with van der Waals surface area (Å²) in [6.45, 7) is 2.90. The molecule has 0 spiro atoms. The Bertz CT molecular complexity index is 306. The van der Waals surface area contributed by atoms with Crippen LogP contribution in [-0.2, 0) is 4.79 Å². The number of hydrogen-bond acceptors (Lipinski definition) is 2. The van der Waals surface area contributed by atoms with E-state index in [9.17, 15) is 4.79 Å². The van der Waals surface area contributed by atoms with E-state index in [0.717, 1.165) is 18.7 Å². The molecule has 1 aromatic carbocycles. The second-order valence-electron chi connectivity index (χ2n) is 3.62. The zero-order valence-electron chi connectivity index (χ0n) is 9.34. The minimum atomic E-state index is 0.0779. The Hall–Kier alpha value is -1.35. The van der Waals surface area contributed by atoms with Crippen LogP contribution in [0.2, 0.25) is 0 Å². The molecule has 0 atom stereocenters. The molecule has 0 bridgehead atoms. The van der Waals surface area contributed by atoms with Crippen LogP contribution in [0.1, 0.15) is 18.4 Å². The summed E-state index contributed by atoms with van der Waals surface area (Å²) < 4.78 is 0. The van der Waals surface area contributed by atoms with Gasteiger partial charge in [-0.15, -0.1) is 0 Å². The van der Waals surface area contributed by atoms with Crippen molar-refractivity contribution in [1.29, 1.82) is 0 Å². The molecule has 82 valence electrons. The van der Waals surface area contributed by atoms with Crippen molar-refractivity contribution in [3.63, 3.8) is 0 Å². The number of benzene rings is 1. The van der Waals surface area contributed by atoms with Crippen LogP contribution in [0.5, 0.6) is 0 Å². The Kier molecular flexibility index (Phi) is 4.84. The van der Waals surface area contributed by atoms with Crippen molar-refractivity contribution >= 4 is 11.6 Å². The monoisotopic (exact) mass is 206 g/mol. The quantitative estimate of drug-likeness (QED) is 0.723. The maximum absolute atomic E-state index is 11.4. The van der Waals surface area contributed by atoms with Crippen LogP contribution >= 0.6 is 0 Å². The van der Waals surface area contributed by atoms with E-state index in [1.807, 2.05) is 38.2 Å². The number of hydrogen-bond donors (Lipinski definition) is 2. The number of amides is 1. The number of nitrogens with one attached hydrogen (secondary N) is 2. The van der Waals surface area contributed by atoms with Gasteiger partial charge < -0.3 is 10.6 Å². The number of aryl methyl sites for hydroxylation is 1. The van der Waals surface area contributed by atoms with Crippen LogP contribution in [0, 0.1) is 6.92 Å². The third-order valence-electron chi connectivity index (χ3n) is 2.17. The lowest BCUT2D eigenvalue weighted by Gasteiger charge is -2.05. The fourth-order valence-electron chi connectivity index (χ4n) is 1.29. The van der Waals surface area contributed by atoms with Gasteiger partial charge in [-0.25, -0.2) is 0 Å². The predicted molar refractivity (Wildman–Crippen MR) is 63.0 cm³/mol. The molecule has 1 rings (SSSR count). The lowest BCUT2D eigenvalue weighted by molar-refractivity contribution is -0.116. The molecule has 15 heavy (non-hydrogen) atoms. The van der Waals surface area contributed by atoms with Crippen molar-refractivity contribution in [3.8, 4) is 0 Å². The van der Waals surface area contributed by atoms with Crippen LogP contribution in [0.3, 0.4) is 0 Å². The Morgan fingerprint density at radius 1 is 1.27 bits per heavy atom. The zero-order valence-corrected chi connectivity index (χ0v) is 9.34. The molecular formula is C12H18N2O. The SMILES string of the molecule is CNCCCC(=O)Nc1ccc(C)cc1. The third kappa shape index (κ3) is 4.61. The number of anilines is 1. The van der Waals surface area contributed by atoms with E-state index >= 15 is 0 Å². The summed E-state index contributed by atoms with van der Waals surface area (Å²) in [5.41, 5.74) is 2.07. The average Bonchev–Trinajstić information content (AvgIpc) is 2.22. The molecule has 1 amide bonds. The third-order valence-corrected chi connectivity index (χ3v) is 2.17. The van der Waals surface area contributed by atoms with Gasteiger partial charge in [-0.1, -0.05) is 17.7 Å².